The molecule has 0 radical (unpaired) electrons. The second-order valence-corrected chi connectivity index (χ2v) is 7.90. The highest BCUT2D eigenvalue weighted by atomic mass is 32.2. The SMILES string of the molecule is CCC(CC)CN(CC)C(=O)c1cnn2c1S(=O)(=O)N(C)CC2. The smallest absolute Gasteiger partial charge is 0.260 e. The van der Waals surface area contributed by atoms with Crippen LogP contribution < -0.4 is 0 Å². The van der Waals surface area contributed by atoms with E-state index >= 15 is 0 Å². The first kappa shape index (κ1) is 17.9. The predicted molar refractivity (Wildman–Crippen MR) is 87.7 cm³/mol. The van der Waals surface area contributed by atoms with Crippen LogP contribution in [0.4, 0.5) is 0 Å². The number of nitrogens with zero attached hydrogens (tertiary/aromatic N) is 4. The summed E-state index contributed by atoms with van der Waals surface area (Å²) < 4.78 is 27.8. The van der Waals surface area contributed by atoms with Gasteiger partial charge in [0.1, 0.15) is 0 Å². The number of rotatable bonds is 6. The topological polar surface area (TPSA) is 75.5 Å². The predicted octanol–water partition coefficient (Wildman–Crippen LogP) is 1.42. The fraction of sp³-hybridized carbons (Fsp3) is 0.733. The Morgan fingerprint density at radius 3 is 2.52 bits per heavy atom. The van der Waals surface area contributed by atoms with Crippen molar-refractivity contribution in [2.24, 2.45) is 5.92 Å². The van der Waals surface area contributed by atoms with E-state index in [9.17, 15) is 13.2 Å². The molecule has 1 aromatic heterocycles. The van der Waals surface area contributed by atoms with E-state index in [0.717, 1.165) is 12.8 Å². The Labute approximate surface area is 138 Å². The minimum absolute atomic E-state index is 0.0271. The van der Waals surface area contributed by atoms with Crippen molar-refractivity contribution in [1.29, 1.82) is 0 Å². The first-order valence-corrected chi connectivity index (χ1v) is 9.62. The number of likely N-dealkylation sites (N-methyl/N-ethyl adjacent to an activating group) is 1. The normalized spacial score (nSPS) is 17.3. The average Bonchev–Trinajstić information content (AvgIpc) is 2.97. The lowest BCUT2D eigenvalue weighted by Crippen LogP contribution is -2.40. The van der Waals surface area contributed by atoms with Gasteiger partial charge in [0.05, 0.1) is 18.3 Å². The third kappa shape index (κ3) is 3.28. The van der Waals surface area contributed by atoms with Crippen molar-refractivity contribution in [3.05, 3.63) is 11.8 Å². The van der Waals surface area contributed by atoms with E-state index in [1.165, 1.54) is 22.2 Å². The highest BCUT2D eigenvalue weighted by Gasteiger charge is 2.36. The van der Waals surface area contributed by atoms with Gasteiger partial charge < -0.3 is 4.90 Å². The lowest BCUT2D eigenvalue weighted by molar-refractivity contribution is 0.0730. The molecule has 0 saturated heterocycles. The van der Waals surface area contributed by atoms with Gasteiger partial charge in [0.15, 0.2) is 5.03 Å². The molecule has 1 aromatic rings. The Hall–Kier alpha value is -1.41. The molecule has 0 fully saturated rings. The van der Waals surface area contributed by atoms with Crippen molar-refractivity contribution in [3.8, 4) is 0 Å². The highest BCUT2D eigenvalue weighted by molar-refractivity contribution is 7.89. The molecular weight excluding hydrogens is 316 g/mol. The largest absolute Gasteiger partial charge is 0.339 e. The molecule has 8 heteroatoms. The summed E-state index contributed by atoms with van der Waals surface area (Å²) in [7, 11) is -2.12. The number of hydrogen-bond acceptors (Lipinski definition) is 4. The van der Waals surface area contributed by atoms with Crippen LogP contribution in [0.5, 0.6) is 0 Å². The molecule has 2 heterocycles. The lowest BCUT2D eigenvalue weighted by Gasteiger charge is -2.27. The van der Waals surface area contributed by atoms with Gasteiger partial charge in [0, 0.05) is 26.7 Å². The van der Waals surface area contributed by atoms with Crippen LogP contribution in [0, 0.1) is 5.92 Å². The van der Waals surface area contributed by atoms with Crippen molar-refractivity contribution >= 4 is 15.9 Å². The zero-order valence-electron chi connectivity index (χ0n) is 14.3. The molecule has 1 aliphatic rings. The van der Waals surface area contributed by atoms with E-state index in [0.29, 0.717) is 32.1 Å². The van der Waals surface area contributed by atoms with E-state index in [4.69, 9.17) is 0 Å². The zero-order valence-corrected chi connectivity index (χ0v) is 15.1. The Bertz CT molecular complexity index is 664. The summed E-state index contributed by atoms with van der Waals surface area (Å²) in [6, 6.07) is 0. The fourth-order valence-electron chi connectivity index (χ4n) is 2.84. The number of sulfonamides is 1. The summed E-state index contributed by atoms with van der Waals surface area (Å²) >= 11 is 0. The summed E-state index contributed by atoms with van der Waals surface area (Å²) in [4.78, 5) is 14.6. The van der Waals surface area contributed by atoms with Gasteiger partial charge in [-0.1, -0.05) is 26.7 Å². The van der Waals surface area contributed by atoms with Gasteiger partial charge in [-0.3, -0.25) is 9.48 Å². The molecule has 7 nitrogen and oxygen atoms in total. The third-order valence-corrected chi connectivity index (χ3v) is 6.53. The van der Waals surface area contributed by atoms with Crippen molar-refractivity contribution in [2.45, 2.75) is 45.2 Å². The maximum Gasteiger partial charge on any atom is 0.260 e. The number of carbonyl (C=O) groups is 1. The molecule has 0 saturated carbocycles. The van der Waals surface area contributed by atoms with Gasteiger partial charge in [0.25, 0.3) is 15.9 Å². The van der Waals surface area contributed by atoms with Gasteiger partial charge in [-0.05, 0) is 12.8 Å². The first-order valence-electron chi connectivity index (χ1n) is 8.18. The Morgan fingerprint density at radius 2 is 1.96 bits per heavy atom. The molecule has 0 spiro atoms. The number of amides is 1. The first-order chi connectivity index (χ1) is 10.9. The van der Waals surface area contributed by atoms with Crippen molar-refractivity contribution < 1.29 is 13.2 Å². The number of carbonyl (C=O) groups excluding carboxylic acids is 1. The number of fused-ring (bicyclic) bond motifs is 1. The molecule has 1 aliphatic heterocycles. The van der Waals surface area contributed by atoms with Crippen molar-refractivity contribution in [2.75, 3.05) is 26.7 Å². The van der Waals surface area contributed by atoms with E-state index in [1.54, 1.807) is 4.90 Å². The molecule has 0 bridgehead atoms. The molecule has 0 aliphatic carbocycles. The summed E-state index contributed by atoms with van der Waals surface area (Å²) in [6.07, 6.45) is 3.38. The molecule has 2 rings (SSSR count). The second-order valence-electron chi connectivity index (χ2n) is 5.94. The second kappa shape index (κ2) is 7.00. The quantitative estimate of drug-likeness (QED) is 0.783. The summed E-state index contributed by atoms with van der Waals surface area (Å²) in [6.45, 7) is 8.16. The lowest BCUT2D eigenvalue weighted by atomic mass is 10.0. The summed E-state index contributed by atoms with van der Waals surface area (Å²) in [5.74, 6) is 0.170. The maximum atomic E-state index is 12.9. The summed E-state index contributed by atoms with van der Waals surface area (Å²) in [5, 5.41) is 4.13. The van der Waals surface area contributed by atoms with Crippen LogP contribution in [0.3, 0.4) is 0 Å². The third-order valence-electron chi connectivity index (χ3n) is 4.61. The monoisotopic (exact) mass is 342 g/mol. The van der Waals surface area contributed by atoms with Crippen LogP contribution in [-0.2, 0) is 16.6 Å². The summed E-state index contributed by atoms with van der Waals surface area (Å²) in [5.41, 5.74) is 0.185. The Kier molecular flexibility index (Phi) is 5.46. The highest BCUT2D eigenvalue weighted by Crippen LogP contribution is 2.25. The molecule has 0 unspecified atom stereocenters. The molecule has 1 amide bonds. The Balaban J connectivity index is 2.36. The standard InChI is InChI=1S/C15H26N4O3S/c1-5-12(6-2)11-18(7-3)14(20)13-10-16-19-9-8-17(4)23(21,22)15(13)19/h10,12H,5-9,11H2,1-4H3. The van der Waals surface area contributed by atoms with Crippen LogP contribution in [0.1, 0.15) is 44.0 Å². The van der Waals surface area contributed by atoms with E-state index < -0.39 is 10.0 Å². The molecule has 0 aromatic carbocycles. The number of hydrogen-bond donors (Lipinski definition) is 0. The van der Waals surface area contributed by atoms with Gasteiger partial charge in [-0.15, -0.1) is 0 Å². The van der Waals surface area contributed by atoms with E-state index in [1.807, 2.05) is 6.92 Å². The van der Waals surface area contributed by atoms with Crippen LogP contribution in [0.25, 0.3) is 0 Å². The molecule has 23 heavy (non-hydrogen) atoms. The van der Waals surface area contributed by atoms with Gasteiger partial charge in [-0.25, -0.2) is 8.42 Å². The van der Waals surface area contributed by atoms with Crippen molar-refractivity contribution in [1.82, 2.24) is 19.0 Å². The van der Waals surface area contributed by atoms with Crippen LogP contribution in [0.15, 0.2) is 11.2 Å². The zero-order chi connectivity index (χ0) is 17.2. The molecule has 0 N–H and O–H groups in total. The van der Waals surface area contributed by atoms with Crippen LogP contribution in [0.2, 0.25) is 0 Å². The maximum absolute atomic E-state index is 12.9. The van der Waals surface area contributed by atoms with Gasteiger partial charge in [-0.2, -0.15) is 9.40 Å². The minimum Gasteiger partial charge on any atom is -0.339 e. The van der Waals surface area contributed by atoms with Crippen molar-refractivity contribution in [3.63, 3.8) is 0 Å². The van der Waals surface area contributed by atoms with Gasteiger partial charge >= 0.3 is 0 Å². The Morgan fingerprint density at radius 1 is 1.30 bits per heavy atom. The van der Waals surface area contributed by atoms with E-state index in [2.05, 4.69) is 18.9 Å². The van der Waals surface area contributed by atoms with E-state index in [-0.39, 0.29) is 16.5 Å². The fourth-order valence-corrected chi connectivity index (χ4v) is 4.28. The van der Waals surface area contributed by atoms with Gasteiger partial charge in [0.2, 0.25) is 0 Å². The number of aromatic nitrogens is 2. The molecule has 0 atom stereocenters. The van der Waals surface area contributed by atoms with Crippen LogP contribution >= 0.6 is 0 Å². The minimum atomic E-state index is -3.65. The molecular formula is C15H26N4O3S. The molecule has 130 valence electrons. The average molecular weight is 342 g/mol. The van der Waals surface area contributed by atoms with Crippen LogP contribution in [-0.4, -0.2) is 60.0 Å².